The fourth-order valence-corrected chi connectivity index (χ4v) is 5.96. The number of anilines is 1. The summed E-state index contributed by atoms with van der Waals surface area (Å²) in [6.45, 7) is 7.98. The van der Waals surface area contributed by atoms with Crippen LogP contribution in [-0.2, 0) is 6.54 Å². The van der Waals surface area contributed by atoms with E-state index >= 15 is 0 Å². The molecule has 6 rings (SSSR count). The normalized spacial score (nSPS) is 14.1. The van der Waals surface area contributed by atoms with Crippen LogP contribution in [0.3, 0.4) is 0 Å². The molecule has 0 bridgehead atoms. The van der Waals surface area contributed by atoms with E-state index in [9.17, 15) is 9.59 Å². The van der Waals surface area contributed by atoms with E-state index in [0.717, 1.165) is 66.2 Å². The molecule has 0 radical (unpaired) electrons. The fraction of sp³-hybridized carbons (Fsp3) is 0.273. The molecule has 2 aromatic heterocycles. The van der Waals surface area contributed by atoms with Crippen molar-refractivity contribution in [2.75, 3.05) is 44.2 Å². The summed E-state index contributed by atoms with van der Waals surface area (Å²) in [5.74, 6) is -0.126. The molecule has 41 heavy (non-hydrogen) atoms. The van der Waals surface area contributed by atoms with Crippen molar-refractivity contribution in [3.05, 3.63) is 111 Å². The van der Waals surface area contributed by atoms with Gasteiger partial charge in [-0.1, -0.05) is 48.0 Å². The second kappa shape index (κ2) is 11.8. The zero-order valence-corrected chi connectivity index (χ0v) is 24.0. The standard InChI is InChI=1S/C33H34ClN5O2/c1-23-8-10-26(34)21-29(23)38-18-16-37(17-19-38)15-5-13-36-32(40)25-9-11-27-30(20-25)39(22-24-6-3-2-4-7-24)33(41)28-12-14-35-31(27)28/h2-4,6-12,14,20-21,35H,5,13,15-19,22H2,1H3,(H,36,40). The number of hydrogen-bond acceptors (Lipinski definition) is 4. The third kappa shape index (κ3) is 5.73. The van der Waals surface area contributed by atoms with E-state index in [2.05, 4.69) is 39.2 Å². The smallest absolute Gasteiger partial charge is 0.260 e. The number of aromatic amines is 1. The van der Waals surface area contributed by atoms with Gasteiger partial charge in [0, 0.05) is 60.6 Å². The maximum atomic E-state index is 13.4. The minimum atomic E-state index is -0.126. The molecule has 210 valence electrons. The number of piperazine rings is 1. The average molecular weight is 568 g/mol. The van der Waals surface area contributed by atoms with Crippen LogP contribution in [0.5, 0.6) is 0 Å². The molecule has 1 aliphatic heterocycles. The second-order valence-corrected chi connectivity index (χ2v) is 11.2. The first-order valence-corrected chi connectivity index (χ1v) is 14.5. The van der Waals surface area contributed by atoms with Crippen LogP contribution in [0.15, 0.2) is 83.8 Å². The Morgan fingerprint density at radius 3 is 2.56 bits per heavy atom. The summed E-state index contributed by atoms with van der Waals surface area (Å²) in [6.07, 6.45) is 2.66. The van der Waals surface area contributed by atoms with Gasteiger partial charge >= 0.3 is 0 Å². The Morgan fingerprint density at radius 2 is 1.76 bits per heavy atom. The summed E-state index contributed by atoms with van der Waals surface area (Å²) in [5.41, 5.74) is 5.51. The highest BCUT2D eigenvalue weighted by Crippen LogP contribution is 2.26. The van der Waals surface area contributed by atoms with E-state index in [1.165, 1.54) is 11.3 Å². The van der Waals surface area contributed by atoms with Crippen molar-refractivity contribution in [1.82, 2.24) is 19.8 Å². The molecule has 1 aliphatic rings. The number of fused-ring (bicyclic) bond motifs is 3. The van der Waals surface area contributed by atoms with Crippen LogP contribution in [0, 0.1) is 6.92 Å². The van der Waals surface area contributed by atoms with Gasteiger partial charge < -0.3 is 19.8 Å². The average Bonchev–Trinajstić information content (AvgIpc) is 3.50. The summed E-state index contributed by atoms with van der Waals surface area (Å²) in [4.78, 5) is 34.6. The number of pyridine rings is 1. The highest BCUT2D eigenvalue weighted by molar-refractivity contribution is 6.30. The lowest BCUT2D eigenvalue weighted by atomic mass is 10.1. The number of benzene rings is 3. The zero-order valence-electron chi connectivity index (χ0n) is 23.2. The van der Waals surface area contributed by atoms with Gasteiger partial charge in [-0.15, -0.1) is 0 Å². The van der Waals surface area contributed by atoms with Crippen molar-refractivity contribution < 1.29 is 4.79 Å². The van der Waals surface area contributed by atoms with Crippen molar-refractivity contribution in [1.29, 1.82) is 0 Å². The van der Waals surface area contributed by atoms with Crippen molar-refractivity contribution in [3.63, 3.8) is 0 Å². The quantitative estimate of drug-likeness (QED) is 0.245. The van der Waals surface area contributed by atoms with E-state index in [4.69, 9.17) is 11.6 Å². The Balaban J connectivity index is 1.09. The molecule has 1 saturated heterocycles. The molecule has 8 heteroatoms. The molecule has 1 amide bonds. The molecule has 0 spiro atoms. The maximum Gasteiger partial charge on any atom is 0.260 e. The number of amides is 1. The number of nitrogens with zero attached hydrogens (tertiary/aromatic N) is 3. The van der Waals surface area contributed by atoms with Gasteiger partial charge in [0.25, 0.3) is 11.5 Å². The van der Waals surface area contributed by atoms with Gasteiger partial charge in [0.05, 0.1) is 23.0 Å². The lowest BCUT2D eigenvalue weighted by Gasteiger charge is -2.37. The number of H-pyrrole nitrogens is 1. The van der Waals surface area contributed by atoms with Crippen LogP contribution in [0.25, 0.3) is 21.8 Å². The fourth-order valence-electron chi connectivity index (χ4n) is 5.80. The van der Waals surface area contributed by atoms with Crippen LogP contribution >= 0.6 is 11.6 Å². The third-order valence-corrected chi connectivity index (χ3v) is 8.28. The predicted molar refractivity (Wildman–Crippen MR) is 167 cm³/mol. The lowest BCUT2D eigenvalue weighted by molar-refractivity contribution is 0.0951. The summed E-state index contributed by atoms with van der Waals surface area (Å²) in [5, 5.41) is 5.42. The Hall–Kier alpha value is -4.07. The molecule has 1 fully saturated rings. The number of carbonyl (C=O) groups excluding carboxylic acids is 1. The maximum absolute atomic E-state index is 13.4. The van der Waals surface area contributed by atoms with E-state index < -0.39 is 0 Å². The number of aryl methyl sites for hydroxylation is 1. The highest BCUT2D eigenvalue weighted by atomic mass is 35.5. The first-order chi connectivity index (χ1) is 20.0. The minimum absolute atomic E-state index is 0.0687. The van der Waals surface area contributed by atoms with Gasteiger partial charge in [0.1, 0.15) is 0 Å². The minimum Gasteiger partial charge on any atom is -0.369 e. The molecule has 0 atom stereocenters. The monoisotopic (exact) mass is 567 g/mol. The molecule has 0 aliphatic carbocycles. The topological polar surface area (TPSA) is 73.4 Å². The van der Waals surface area contributed by atoms with Crippen LogP contribution in [0.2, 0.25) is 5.02 Å². The van der Waals surface area contributed by atoms with Gasteiger partial charge in [-0.05, 0) is 67.4 Å². The van der Waals surface area contributed by atoms with Crippen molar-refractivity contribution in [2.24, 2.45) is 0 Å². The summed E-state index contributed by atoms with van der Waals surface area (Å²) < 4.78 is 1.77. The molecule has 7 nitrogen and oxygen atoms in total. The number of aromatic nitrogens is 2. The first-order valence-electron chi connectivity index (χ1n) is 14.2. The Morgan fingerprint density at radius 1 is 0.951 bits per heavy atom. The Bertz CT molecular complexity index is 1750. The number of rotatable bonds is 8. The largest absolute Gasteiger partial charge is 0.369 e. The number of carbonyl (C=O) groups is 1. The predicted octanol–water partition coefficient (Wildman–Crippen LogP) is 5.44. The molecule has 3 aromatic carbocycles. The molecule has 3 heterocycles. The van der Waals surface area contributed by atoms with E-state index in [0.29, 0.717) is 24.0 Å². The van der Waals surface area contributed by atoms with Gasteiger partial charge in [0.15, 0.2) is 0 Å². The van der Waals surface area contributed by atoms with Crippen molar-refractivity contribution in [3.8, 4) is 0 Å². The van der Waals surface area contributed by atoms with Crippen LogP contribution in [-0.4, -0.2) is 59.6 Å². The van der Waals surface area contributed by atoms with Crippen molar-refractivity contribution >= 4 is 45.0 Å². The van der Waals surface area contributed by atoms with Crippen LogP contribution in [0.4, 0.5) is 5.69 Å². The van der Waals surface area contributed by atoms with Gasteiger partial charge in [-0.3, -0.25) is 14.5 Å². The lowest BCUT2D eigenvalue weighted by Crippen LogP contribution is -2.47. The molecule has 5 aromatic rings. The van der Waals surface area contributed by atoms with E-state index in [1.54, 1.807) is 10.8 Å². The number of hydrogen-bond donors (Lipinski definition) is 2. The van der Waals surface area contributed by atoms with Gasteiger partial charge in [-0.2, -0.15) is 0 Å². The first kappa shape index (κ1) is 27.1. The second-order valence-electron chi connectivity index (χ2n) is 10.7. The summed E-state index contributed by atoms with van der Waals surface area (Å²) >= 11 is 6.23. The Labute approximate surface area is 244 Å². The van der Waals surface area contributed by atoms with E-state index in [1.807, 2.05) is 60.7 Å². The number of nitrogens with one attached hydrogen (secondary N) is 2. The Kier molecular flexibility index (Phi) is 7.81. The molecular formula is C33H34ClN5O2. The van der Waals surface area contributed by atoms with Crippen molar-refractivity contribution in [2.45, 2.75) is 19.9 Å². The highest BCUT2D eigenvalue weighted by Gasteiger charge is 2.19. The van der Waals surface area contributed by atoms with E-state index in [-0.39, 0.29) is 11.5 Å². The molecular weight excluding hydrogens is 534 g/mol. The molecule has 0 unspecified atom stereocenters. The summed E-state index contributed by atoms with van der Waals surface area (Å²) in [7, 11) is 0. The number of halogens is 1. The summed E-state index contributed by atoms with van der Waals surface area (Å²) in [6, 6.07) is 23.4. The van der Waals surface area contributed by atoms with Gasteiger partial charge in [-0.25, -0.2) is 0 Å². The molecule has 0 saturated carbocycles. The van der Waals surface area contributed by atoms with Crippen LogP contribution in [0.1, 0.15) is 27.9 Å². The molecule has 2 N–H and O–H groups in total. The van der Waals surface area contributed by atoms with Gasteiger partial charge in [0.2, 0.25) is 0 Å². The van der Waals surface area contributed by atoms with Crippen LogP contribution < -0.4 is 15.8 Å². The zero-order chi connectivity index (χ0) is 28.3. The SMILES string of the molecule is Cc1ccc(Cl)cc1N1CCN(CCCNC(=O)c2ccc3c4[nH]ccc4c(=O)n(Cc4ccccc4)c3c2)CC1. The third-order valence-electron chi connectivity index (χ3n) is 8.05.